The van der Waals surface area contributed by atoms with Crippen LogP contribution in [0.4, 0.5) is 4.39 Å². The van der Waals surface area contributed by atoms with Crippen molar-refractivity contribution in [2.24, 2.45) is 5.92 Å². The van der Waals surface area contributed by atoms with Gasteiger partial charge in [-0.25, -0.2) is 4.39 Å². The Morgan fingerprint density at radius 1 is 1.20 bits per heavy atom. The molecule has 0 unspecified atom stereocenters. The molecule has 25 heavy (non-hydrogen) atoms. The highest BCUT2D eigenvalue weighted by Crippen LogP contribution is 2.45. The van der Waals surface area contributed by atoms with E-state index < -0.39 is 5.41 Å². The molecule has 3 rings (SSSR count). The zero-order valence-corrected chi connectivity index (χ0v) is 14.9. The van der Waals surface area contributed by atoms with Gasteiger partial charge in [-0.3, -0.25) is 9.59 Å². The summed E-state index contributed by atoms with van der Waals surface area (Å²) in [6.07, 6.45) is 5.06. The number of carbonyl (C=O) groups is 2. The summed E-state index contributed by atoms with van der Waals surface area (Å²) in [4.78, 5) is 27.2. The number of rotatable bonds is 5. The van der Waals surface area contributed by atoms with E-state index in [9.17, 15) is 14.0 Å². The molecular weight excluding hydrogens is 319 g/mol. The normalized spacial score (nSPS) is 20.0. The van der Waals surface area contributed by atoms with Crippen molar-refractivity contribution in [2.45, 2.75) is 50.9 Å². The van der Waals surface area contributed by atoms with Crippen LogP contribution in [0.1, 0.15) is 51.0 Å². The predicted molar refractivity (Wildman–Crippen MR) is 94.5 cm³/mol. The van der Waals surface area contributed by atoms with Gasteiger partial charge in [-0.1, -0.05) is 25.5 Å². The van der Waals surface area contributed by atoms with Crippen LogP contribution in [0.5, 0.6) is 0 Å². The van der Waals surface area contributed by atoms with E-state index in [1.807, 2.05) is 11.8 Å². The number of amides is 2. The fraction of sp³-hybridized carbons (Fsp3) is 0.600. The van der Waals surface area contributed by atoms with Crippen LogP contribution in [-0.4, -0.2) is 36.3 Å². The van der Waals surface area contributed by atoms with Gasteiger partial charge in [0.2, 0.25) is 11.8 Å². The first kappa shape index (κ1) is 17.9. The molecule has 1 saturated heterocycles. The Kier molecular flexibility index (Phi) is 5.40. The summed E-state index contributed by atoms with van der Waals surface area (Å²) in [6.45, 7) is 4.01. The summed E-state index contributed by atoms with van der Waals surface area (Å²) in [7, 11) is 0. The van der Waals surface area contributed by atoms with Crippen LogP contribution >= 0.6 is 0 Å². The van der Waals surface area contributed by atoms with Gasteiger partial charge < -0.3 is 10.2 Å². The maximum Gasteiger partial charge on any atom is 0.233 e. The largest absolute Gasteiger partial charge is 0.356 e. The third-order valence-electron chi connectivity index (χ3n) is 5.72. The Morgan fingerprint density at radius 3 is 2.36 bits per heavy atom. The van der Waals surface area contributed by atoms with Crippen molar-refractivity contribution >= 4 is 11.8 Å². The lowest BCUT2D eigenvalue weighted by molar-refractivity contribution is -0.144. The minimum absolute atomic E-state index is 0.0127. The molecule has 1 aliphatic heterocycles. The number of likely N-dealkylation sites (tertiary alicyclic amines) is 1. The summed E-state index contributed by atoms with van der Waals surface area (Å²) in [5.74, 6) is 0.00644. The fourth-order valence-electron chi connectivity index (χ4n) is 3.97. The maximum atomic E-state index is 13.2. The molecule has 0 atom stereocenters. The molecule has 2 amide bonds. The van der Waals surface area contributed by atoms with Crippen LogP contribution in [-0.2, 0) is 15.0 Å². The van der Waals surface area contributed by atoms with Gasteiger partial charge in [0.25, 0.3) is 0 Å². The molecule has 1 saturated carbocycles. The number of nitrogens with zero attached hydrogens (tertiary/aromatic N) is 1. The molecule has 4 nitrogen and oxygen atoms in total. The molecule has 1 aromatic rings. The second-order valence-corrected chi connectivity index (χ2v) is 7.30. The Bertz CT molecular complexity index is 617. The van der Waals surface area contributed by atoms with Crippen LogP contribution < -0.4 is 5.32 Å². The van der Waals surface area contributed by atoms with Gasteiger partial charge in [0, 0.05) is 25.6 Å². The van der Waals surface area contributed by atoms with Gasteiger partial charge in [-0.05, 0) is 49.8 Å². The average Bonchev–Trinajstić information content (AvgIpc) is 2.60. The SMILES string of the molecule is CCCNC(=O)C1CCN(C(=O)C2(c3ccc(F)cc3)CCC2)CC1. The van der Waals surface area contributed by atoms with Crippen molar-refractivity contribution in [1.29, 1.82) is 0 Å². The molecule has 0 bridgehead atoms. The van der Waals surface area contributed by atoms with Gasteiger partial charge in [-0.15, -0.1) is 0 Å². The van der Waals surface area contributed by atoms with Gasteiger partial charge in [0.15, 0.2) is 0 Å². The summed E-state index contributed by atoms with van der Waals surface area (Å²) < 4.78 is 13.2. The van der Waals surface area contributed by atoms with Crippen LogP contribution in [0.3, 0.4) is 0 Å². The molecular formula is C20H27FN2O2. The van der Waals surface area contributed by atoms with E-state index in [-0.39, 0.29) is 23.5 Å². The molecule has 0 radical (unpaired) electrons. The molecule has 2 aliphatic rings. The van der Waals surface area contributed by atoms with Crippen LogP contribution in [0.2, 0.25) is 0 Å². The number of carbonyl (C=O) groups excluding carboxylic acids is 2. The molecule has 0 spiro atoms. The zero-order chi connectivity index (χ0) is 17.9. The van der Waals surface area contributed by atoms with Gasteiger partial charge in [0.05, 0.1) is 5.41 Å². The standard InChI is InChI=1S/C20H27FN2O2/c1-2-12-22-18(24)15-8-13-23(14-9-15)19(25)20(10-3-11-20)16-4-6-17(21)7-5-16/h4-7,15H,2-3,8-14H2,1H3,(H,22,24). The van der Waals surface area contributed by atoms with Crippen LogP contribution in [0, 0.1) is 11.7 Å². The summed E-state index contributed by atoms with van der Waals surface area (Å²) in [5, 5.41) is 2.95. The molecule has 1 aromatic carbocycles. The second-order valence-electron chi connectivity index (χ2n) is 7.30. The van der Waals surface area contributed by atoms with E-state index in [4.69, 9.17) is 0 Å². The van der Waals surface area contributed by atoms with Crippen molar-refractivity contribution in [1.82, 2.24) is 10.2 Å². The second kappa shape index (κ2) is 7.54. The zero-order valence-electron chi connectivity index (χ0n) is 14.9. The number of hydrogen-bond acceptors (Lipinski definition) is 2. The molecule has 1 aliphatic carbocycles. The Morgan fingerprint density at radius 2 is 1.84 bits per heavy atom. The smallest absolute Gasteiger partial charge is 0.233 e. The third-order valence-corrected chi connectivity index (χ3v) is 5.72. The summed E-state index contributed by atoms with van der Waals surface area (Å²) in [6, 6.07) is 6.37. The minimum Gasteiger partial charge on any atom is -0.356 e. The fourth-order valence-corrected chi connectivity index (χ4v) is 3.97. The summed E-state index contributed by atoms with van der Waals surface area (Å²) >= 11 is 0. The molecule has 1 N–H and O–H groups in total. The summed E-state index contributed by atoms with van der Waals surface area (Å²) in [5.41, 5.74) is 0.443. The van der Waals surface area contributed by atoms with Gasteiger partial charge in [-0.2, -0.15) is 0 Å². The van der Waals surface area contributed by atoms with E-state index in [1.165, 1.54) is 12.1 Å². The average molecular weight is 346 g/mol. The highest BCUT2D eigenvalue weighted by atomic mass is 19.1. The van der Waals surface area contributed by atoms with E-state index in [0.29, 0.717) is 19.6 Å². The number of nitrogens with one attached hydrogen (secondary N) is 1. The lowest BCUT2D eigenvalue weighted by Gasteiger charge is -2.45. The quantitative estimate of drug-likeness (QED) is 0.891. The predicted octanol–water partition coefficient (Wildman–Crippen LogP) is 3.01. The molecule has 5 heteroatoms. The van der Waals surface area contributed by atoms with E-state index in [2.05, 4.69) is 5.32 Å². The van der Waals surface area contributed by atoms with Crippen molar-refractivity contribution < 1.29 is 14.0 Å². The van der Waals surface area contributed by atoms with Crippen molar-refractivity contribution in [3.8, 4) is 0 Å². The topological polar surface area (TPSA) is 49.4 Å². The number of halogens is 1. The molecule has 1 heterocycles. The van der Waals surface area contributed by atoms with Crippen LogP contribution in [0.25, 0.3) is 0 Å². The van der Waals surface area contributed by atoms with E-state index in [0.717, 1.165) is 44.1 Å². The number of hydrogen-bond donors (Lipinski definition) is 1. The first-order chi connectivity index (χ1) is 12.1. The molecule has 2 fully saturated rings. The van der Waals surface area contributed by atoms with Crippen molar-refractivity contribution in [2.75, 3.05) is 19.6 Å². The maximum absolute atomic E-state index is 13.2. The van der Waals surface area contributed by atoms with E-state index >= 15 is 0 Å². The van der Waals surface area contributed by atoms with Gasteiger partial charge in [0.1, 0.15) is 5.82 Å². The van der Waals surface area contributed by atoms with Crippen molar-refractivity contribution in [3.05, 3.63) is 35.6 Å². The Labute approximate surface area is 148 Å². The first-order valence-electron chi connectivity index (χ1n) is 9.40. The number of benzene rings is 1. The highest BCUT2D eigenvalue weighted by molar-refractivity contribution is 5.89. The van der Waals surface area contributed by atoms with Crippen LogP contribution in [0.15, 0.2) is 24.3 Å². The molecule has 136 valence electrons. The van der Waals surface area contributed by atoms with Crippen molar-refractivity contribution in [3.63, 3.8) is 0 Å². The Balaban J connectivity index is 1.63. The Hall–Kier alpha value is -1.91. The van der Waals surface area contributed by atoms with Gasteiger partial charge >= 0.3 is 0 Å². The lowest BCUT2D eigenvalue weighted by Crippen LogP contribution is -2.53. The monoisotopic (exact) mass is 346 g/mol. The minimum atomic E-state index is -0.481. The third kappa shape index (κ3) is 3.55. The first-order valence-corrected chi connectivity index (χ1v) is 9.40. The highest BCUT2D eigenvalue weighted by Gasteiger charge is 2.48. The number of piperidine rings is 1. The lowest BCUT2D eigenvalue weighted by atomic mass is 9.63. The molecule has 0 aromatic heterocycles. The van der Waals surface area contributed by atoms with E-state index in [1.54, 1.807) is 12.1 Å².